The van der Waals surface area contributed by atoms with Gasteiger partial charge in [-0.3, -0.25) is 0 Å². The first-order valence-corrected chi connectivity index (χ1v) is 7.06. The van der Waals surface area contributed by atoms with Gasteiger partial charge in [-0.05, 0) is 32.7 Å². The molecule has 1 heterocycles. The predicted molar refractivity (Wildman–Crippen MR) is 70.9 cm³/mol. The van der Waals surface area contributed by atoms with Crippen molar-refractivity contribution in [1.82, 2.24) is 5.32 Å². The van der Waals surface area contributed by atoms with E-state index >= 15 is 0 Å². The molecule has 1 aliphatic heterocycles. The SMILES string of the molecule is CCCNC(c1c(F)cc(F)cc1F)C1CCC(C)O1. The largest absolute Gasteiger partial charge is 0.373 e. The monoisotopic (exact) mass is 287 g/mol. The Hall–Kier alpha value is -1.07. The third-order valence-electron chi connectivity index (χ3n) is 3.61. The second-order valence-corrected chi connectivity index (χ2v) is 5.28. The van der Waals surface area contributed by atoms with Crippen LogP contribution >= 0.6 is 0 Å². The van der Waals surface area contributed by atoms with Crippen molar-refractivity contribution in [2.75, 3.05) is 6.54 Å². The van der Waals surface area contributed by atoms with Crippen molar-refractivity contribution >= 4 is 0 Å². The Morgan fingerprint density at radius 1 is 1.25 bits per heavy atom. The van der Waals surface area contributed by atoms with E-state index in [1.54, 1.807) is 0 Å². The van der Waals surface area contributed by atoms with E-state index in [1.165, 1.54) is 0 Å². The van der Waals surface area contributed by atoms with Crippen LogP contribution in [0.2, 0.25) is 0 Å². The summed E-state index contributed by atoms with van der Waals surface area (Å²) in [7, 11) is 0. The first kappa shape index (κ1) is 15.3. The lowest BCUT2D eigenvalue weighted by Gasteiger charge is -2.26. The topological polar surface area (TPSA) is 21.3 Å². The van der Waals surface area contributed by atoms with Crippen LogP contribution in [0.15, 0.2) is 12.1 Å². The van der Waals surface area contributed by atoms with Crippen LogP contribution in [0.25, 0.3) is 0 Å². The van der Waals surface area contributed by atoms with Crippen LogP contribution in [-0.2, 0) is 4.74 Å². The molecule has 2 nitrogen and oxygen atoms in total. The zero-order chi connectivity index (χ0) is 14.7. The summed E-state index contributed by atoms with van der Waals surface area (Å²) in [6, 6.07) is 0.856. The normalized spacial score (nSPS) is 24.1. The lowest BCUT2D eigenvalue weighted by molar-refractivity contribution is 0.0299. The van der Waals surface area contributed by atoms with Crippen molar-refractivity contribution in [2.45, 2.75) is 51.4 Å². The van der Waals surface area contributed by atoms with Gasteiger partial charge in [0.05, 0.1) is 18.2 Å². The van der Waals surface area contributed by atoms with Gasteiger partial charge in [0.2, 0.25) is 0 Å². The zero-order valence-corrected chi connectivity index (χ0v) is 11.8. The molecule has 3 unspecified atom stereocenters. The quantitative estimate of drug-likeness (QED) is 0.891. The van der Waals surface area contributed by atoms with E-state index in [1.807, 2.05) is 13.8 Å². The van der Waals surface area contributed by atoms with Crippen LogP contribution in [0.1, 0.15) is 44.7 Å². The maximum atomic E-state index is 14.0. The number of benzene rings is 1. The lowest BCUT2D eigenvalue weighted by Crippen LogP contribution is -2.34. The van der Waals surface area contributed by atoms with Crippen LogP contribution in [0.3, 0.4) is 0 Å². The summed E-state index contributed by atoms with van der Waals surface area (Å²) in [6.07, 6.45) is 2.23. The Bertz CT molecular complexity index is 443. The minimum absolute atomic E-state index is 0.0810. The second kappa shape index (κ2) is 6.59. The van der Waals surface area contributed by atoms with Gasteiger partial charge in [0.1, 0.15) is 17.5 Å². The van der Waals surface area contributed by atoms with Crippen LogP contribution < -0.4 is 5.32 Å². The molecule has 0 saturated carbocycles. The summed E-state index contributed by atoms with van der Waals surface area (Å²) in [5.74, 6) is -2.63. The molecule has 0 spiro atoms. The summed E-state index contributed by atoms with van der Waals surface area (Å²) in [5, 5.41) is 3.12. The minimum Gasteiger partial charge on any atom is -0.373 e. The highest BCUT2D eigenvalue weighted by Crippen LogP contribution is 2.33. The fourth-order valence-corrected chi connectivity index (χ4v) is 2.65. The molecule has 1 aromatic rings. The lowest BCUT2D eigenvalue weighted by atomic mass is 9.97. The van der Waals surface area contributed by atoms with Crippen LogP contribution in [0.4, 0.5) is 13.2 Å². The number of halogens is 3. The van der Waals surface area contributed by atoms with Gasteiger partial charge in [0.15, 0.2) is 0 Å². The Kier molecular flexibility index (Phi) is 5.05. The fraction of sp³-hybridized carbons (Fsp3) is 0.600. The Morgan fingerprint density at radius 3 is 2.40 bits per heavy atom. The molecule has 0 amide bonds. The molecule has 1 aliphatic rings. The highest BCUT2D eigenvalue weighted by atomic mass is 19.1. The first-order chi connectivity index (χ1) is 9.52. The van der Waals surface area contributed by atoms with Gasteiger partial charge in [-0.15, -0.1) is 0 Å². The number of rotatable bonds is 5. The van der Waals surface area contributed by atoms with Gasteiger partial charge in [0.25, 0.3) is 0 Å². The number of nitrogens with one attached hydrogen (secondary N) is 1. The molecule has 0 radical (unpaired) electrons. The molecule has 2 rings (SSSR count). The van der Waals surface area contributed by atoms with Crippen LogP contribution in [0, 0.1) is 17.5 Å². The molecule has 1 fully saturated rings. The van der Waals surface area contributed by atoms with E-state index in [4.69, 9.17) is 4.74 Å². The Balaban J connectivity index is 2.31. The molecular formula is C15H20F3NO. The molecule has 20 heavy (non-hydrogen) atoms. The molecule has 1 aromatic carbocycles. The highest BCUT2D eigenvalue weighted by Gasteiger charge is 2.33. The fourth-order valence-electron chi connectivity index (χ4n) is 2.65. The summed E-state index contributed by atoms with van der Waals surface area (Å²) in [4.78, 5) is 0. The number of hydrogen-bond donors (Lipinski definition) is 1. The van der Waals surface area contributed by atoms with Crippen molar-refractivity contribution < 1.29 is 17.9 Å². The van der Waals surface area contributed by atoms with Crippen molar-refractivity contribution in [2.24, 2.45) is 0 Å². The van der Waals surface area contributed by atoms with E-state index < -0.39 is 23.5 Å². The average Bonchev–Trinajstić information content (AvgIpc) is 2.78. The van der Waals surface area contributed by atoms with E-state index in [-0.39, 0.29) is 17.8 Å². The van der Waals surface area contributed by atoms with E-state index in [9.17, 15) is 13.2 Å². The molecule has 0 aliphatic carbocycles. The van der Waals surface area contributed by atoms with Gasteiger partial charge < -0.3 is 10.1 Å². The molecule has 112 valence electrons. The maximum Gasteiger partial charge on any atom is 0.133 e. The third kappa shape index (κ3) is 3.33. The number of ether oxygens (including phenoxy) is 1. The smallest absolute Gasteiger partial charge is 0.133 e. The minimum atomic E-state index is -0.904. The van der Waals surface area contributed by atoms with Crippen molar-refractivity contribution in [3.05, 3.63) is 35.1 Å². The van der Waals surface area contributed by atoms with Gasteiger partial charge in [-0.2, -0.15) is 0 Å². The van der Waals surface area contributed by atoms with Crippen molar-refractivity contribution in [3.8, 4) is 0 Å². The standard InChI is InChI=1S/C15H20F3NO/c1-3-6-19-15(13-5-4-9(2)20-13)14-11(17)7-10(16)8-12(14)18/h7-9,13,15,19H,3-6H2,1-2H3. The first-order valence-electron chi connectivity index (χ1n) is 7.06. The molecule has 1 N–H and O–H groups in total. The van der Waals surface area contributed by atoms with E-state index in [2.05, 4.69) is 5.32 Å². The summed E-state index contributed by atoms with van der Waals surface area (Å²) in [6.45, 7) is 4.53. The van der Waals surface area contributed by atoms with E-state index in [0.29, 0.717) is 6.54 Å². The summed E-state index contributed by atoms with van der Waals surface area (Å²) < 4.78 is 46.7. The Labute approximate surface area is 117 Å². The molecule has 0 bridgehead atoms. The Morgan fingerprint density at radius 2 is 1.90 bits per heavy atom. The van der Waals surface area contributed by atoms with Gasteiger partial charge in [-0.1, -0.05) is 6.92 Å². The molecule has 0 aromatic heterocycles. The van der Waals surface area contributed by atoms with E-state index in [0.717, 1.165) is 31.4 Å². The maximum absolute atomic E-state index is 14.0. The summed E-state index contributed by atoms with van der Waals surface area (Å²) in [5.41, 5.74) is -0.126. The van der Waals surface area contributed by atoms with Crippen LogP contribution in [0.5, 0.6) is 0 Å². The number of hydrogen-bond acceptors (Lipinski definition) is 2. The zero-order valence-electron chi connectivity index (χ0n) is 11.8. The third-order valence-corrected chi connectivity index (χ3v) is 3.61. The predicted octanol–water partition coefficient (Wildman–Crippen LogP) is 3.71. The highest BCUT2D eigenvalue weighted by molar-refractivity contribution is 5.25. The van der Waals surface area contributed by atoms with Gasteiger partial charge >= 0.3 is 0 Å². The molecular weight excluding hydrogens is 267 g/mol. The molecule has 3 atom stereocenters. The van der Waals surface area contributed by atoms with Crippen molar-refractivity contribution in [1.29, 1.82) is 0 Å². The van der Waals surface area contributed by atoms with Gasteiger partial charge in [-0.25, -0.2) is 13.2 Å². The molecule has 5 heteroatoms. The molecule has 1 saturated heterocycles. The summed E-state index contributed by atoms with van der Waals surface area (Å²) >= 11 is 0. The van der Waals surface area contributed by atoms with Gasteiger partial charge in [0, 0.05) is 17.7 Å². The average molecular weight is 287 g/mol. The second-order valence-electron chi connectivity index (χ2n) is 5.28. The van der Waals surface area contributed by atoms with Crippen LogP contribution in [-0.4, -0.2) is 18.8 Å². The van der Waals surface area contributed by atoms with Crippen molar-refractivity contribution in [3.63, 3.8) is 0 Å².